The quantitative estimate of drug-likeness (QED) is 0.736. The van der Waals surface area contributed by atoms with Crippen molar-refractivity contribution < 1.29 is 27.9 Å². The van der Waals surface area contributed by atoms with E-state index in [2.05, 4.69) is 10.5 Å². The van der Waals surface area contributed by atoms with Crippen LogP contribution in [-0.2, 0) is 16.0 Å². The van der Waals surface area contributed by atoms with Gasteiger partial charge in [0.1, 0.15) is 23.1 Å². The van der Waals surface area contributed by atoms with Crippen molar-refractivity contribution in [3.63, 3.8) is 0 Å². The Labute approximate surface area is 168 Å². The fourth-order valence-electron chi connectivity index (χ4n) is 3.54. The molecule has 29 heavy (non-hydrogen) atoms. The lowest BCUT2D eigenvalue weighted by atomic mass is 9.75. The number of rotatable bonds is 7. The van der Waals surface area contributed by atoms with Gasteiger partial charge in [0.25, 0.3) is 0 Å². The van der Waals surface area contributed by atoms with Crippen molar-refractivity contribution >= 4 is 5.91 Å². The molecule has 6 nitrogen and oxygen atoms in total. The number of benzene rings is 1. The van der Waals surface area contributed by atoms with E-state index in [4.69, 9.17) is 9.26 Å². The molecule has 0 radical (unpaired) electrons. The van der Waals surface area contributed by atoms with Crippen LogP contribution in [0.2, 0.25) is 0 Å². The molecular formula is C21H26F2N2O4. The van der Waals surface area contributed by atoms with Crippen molar-refractivity contribution in [2.45, 2.75) is 39.2 Å². The van der Waals surface area contributed by atoms with E-state index < -0.39 is 17.0 Å². The van der Waals surface area contributed by atoms with Crippen molar-refractivity contribution in [3.05, 3.63) is 41.7 Å². The minimum Gasteiger partial charge on any atom is -0.394 e. The first-order valence-corrected chi connectivity index (χ1v) is 9.75. The molecule has 2 N–H and O–H groups in total. The molecule has 0 unspecified atom stereocenters. The number of aliphatic hydroxyl groups is 1. The van der Waals surface area contributed by atoms with Gasteiger partial charge in [0.15, 0.2) is 0 Å². The average molecular weight is 408 g/mol. The average Bonchev–Trinajstić information content (AvgIpc) is 3.14. The molecule has 1 aromatic heterocycles. The SMILES string of the molecule is CC(C)[C@@H](CO)NC(=O)C1(Cc2cc(-c3ccc(F)cc3F)no2)CCOCC1. The van der Waals surface area contributed by atoms with Gasteiger partial charge in [-0.3, -0.25) is 4.79 Å². The fraction of sp³-hybridized carbons (Fsp3) is 0.524. The third-order valence-electron chi connectivity index (χ3n) is 5.53. The van der Waals surface area contributed by atoms with Gasteiger partial charge in [0.05, 0.1) is 18.1 Å². The van der Waals surface area contributed by atoms with Crippen LogP contribution in [0.1, 0.15) is 32.4 Å². The lowest BCUT2D eigenvalue weighted by molar-refractivity contribution is -0.138. The zero-order chi connectivity index (χ0) is 21.0. The predicted molar refractivity (Wildman–Crippen MR) is 102 cm³/mol. The number of aliphatic hydroxyl groups excluding tert-OH is 1. The Morgan fingerprint density at radius 3 is 2.62 bits per heavy atom. The van der Waals surface area contributed by atoms with Gasteiger partial charge in [0, 0.05) is 37.3 Å². The number of nitrogens with one attached hydrogen (secondary N) is 1. The maximum atomic E-state index is 14.0. The van der Waals surface area contributed by atoms with E-state index >= 15 is 0 Å². The molecule has 1 aliphatic heterocycles. The predicted octanol–water partition coefficient (Wildman–Crippen LogP) is 3.09. The van der Waals surface area contributed by atoms with Gasteiger partial charge in [0.2, 0.25) is 5.91 Å². The van der Waals surface area contributed by atoms with Crippen molar-refractivity contribution in [3.8, 4) is 11.3 Å². The minimum absolute atomic E-state index is 0.0826. The number of halogens is 2. The molecule has 158 valence electrons. The second-order valence-corrected chi connectivity index (χ2v) is 7.88. The molecule has 0 saturated carbocycles. The second-order valence-electron chi connectivity index (χ2n) is 7.88. The molecule has 1 amide bonds. The van der Waals surface area contributed by atoms with Gasteiger partial charge in [-0.1, -0.05) is 19.0 Å². The van der Waals surface area contributed by atoms with Gasteiger partial charge >= 0.3 is 0 Å². The van der Waals surface area contributed by atoms with Gasteiger partial charge in [-0.15, -0.1) is 0 Å². The van der Waals surface area contributed by atoms with Gasteiger partial charge in [-0.25, -0.2) is 8.78 Å². The van der Waals surface area contributed by atoms with Crippen LogP contribution in [0, 0.1) is 23.0 Å². The lowest BCUT2D eigenvalue weighted by Gasteiger charge is -2.36. The molecule has 3 rings (SSSR count). The summed E-state index contributed by atoms with van der Waals surface area (Å²) in [6.45, 7) is 4.58. The molecule has 1 aromatic carbocycles. The van der Waals surface area contributed by atoms with Crippen LogP contribution in [0.25, 0.3) is 11.3 Å². The Morgan fingerprint density at radius 2 is 2.00 bits per heavy atom. The third kappa shape index (κ3) is 4.82. The smallest absolute Gasteiger partial charge is 0.227 e. The summed E-state index contributed by atoms with van der Waals surface area (Å²) in [7, 11) is 0. The first kappa shape index (κ1) is 21.4. The number of ether oxygens (including phenoxy) is 1. The van der Waals surface area contributed by atoms with Crippen LogP contribution >= 0.6 is 0 Å². The largest absolute Gasteiger partial charge is 0.394 e. The van der Waals surface area contributed by atoms with E-state index in [-0.39, 0.29) is 42.2 Å². The standard InChI is InChI=1S/C21H26F2N2O4/c1-13(2)19(12-26)24-20(27)21(5-7-28-8-6-21)11-15-10-18(25-29-15)16-4-3-14(22)9-17(16)23/h3-4,9-10,13,19,26H,5-8,11-12H2,1-2H3,(H,24,27)/t19-/m1/s1. The Morgan fingerprint density at radius 1 is 1.28 bits per heavy atom. The number of amides is 1. The first-order chi connectivity index (χ1) is 13.8. The highest BCUT2D eigenvalue weighted by Gasteiger charge is 2.42. The van der Waals surface area contributed by atoms with Crippen LogP contribution < -0.4 is 5.32 Å². The number of hydrogen-bond acceptors (Lipinski definition) is 5. The minimum atomic E-state index is -0.765. The van der Waals surface area contributed by atoms with Crippen molar-refractivity contribution in [1.29, 1.82) is 0 Å². The second kappa shape index (κ2) is 9.00. The molecule has 8 heteroatoms. The number of aromatic nitrogens is 1. The van der Waals surface area contributed by atoms with Crippen LogP contribution in [-0.4, -0.2) is 42.0 Å². The zero-order valence-electron chi connectivity index (χ0n) is 16.6. The summed E-state index contributed by atoms with van der Waals surface area (Å²) < 4.78 is 38.0. The highest BCUT2D eigenvalue weighted by molar-refractivity contribution is 5.83. The monoisotopic (exact) mass is 408 g/mol. The molecule has 1 atom stereocenters. The number of carbonyl (C=O) groups excluding carboxylic acids is 1. The summed E-state index contributed by atoms with van der Waals surface area (Å²) in [5.41, 5.74) is -0.388. The van der Waals surface area contributed by atoms with E-state index in [1.165, 1.54) is 6.07 Å². The molecule has 0 bridgehead atoms. The van der Waals surface area contributed by atoms with E-state index in [0.717, 1.165) is 12.1 Å². The molecule has 1 saturated heterocycles. The van der Waals surface area contributed by atoms with Crippen LogP contribution in [0.15, 0.2) is 28.8 Å². The van der Waals surface area contributed by atoms with Crippen molar-refractivity contribution in [2.24, 2.45) is 11.3 Å². The third-order valence-corrected chi connectivity index (χ3v) is 5.53. The summed E-state index contributed by atoms with van der Waals surface area (Å²) in [6.07, 6.45) is 1.26. The molecule has 0 spiro atoms. The van der Waals surface area contributed by atoms with E-state index in [1.807, 2.05) is 13.8 Å². The van der Waals surface area contributed by atoms with Crippen LogP contribution in [0.5, 0.6) is 0 Å². The molecule has 1 aliphatic rings. The zero-order valence-corrected chi connectivity index (χ0v) is 16.6. The Kier molecular flexibility index (Phi) is 6.64. The normalized spacial score (nSPS) is 17.3. The van der Waals surface area contributed by atoms with E-state index in [9.17, 15) is 18.7 Å². The van der Waals surface area contributed by atoms with E-state index in [0.29, 0.717) is 31.8 Å². The first-order valence-electron chi connectivity index (χ1n) is 9.75. The van der Waals surface area contributed by atoms with Crippen LogP contribution in [0.4, 0.5) is 8.78 Å². The van der Waals surface area contributed by atoms with Crippen molar-refractivity contribution in [2.75, 3.05) is 19.8 Å². The van der Waals surface area contributed by atoms with Crippen molar-refractivity contribution in [1.82, 2.24) is 10.5 Å². The summed E-state index contributed by atoms with van der Waals surface area (Å²) in [5.74, 6) is -1.05. The maximum absolute atomic E-state index is 14.0. The summed E-state index contributed by atoms with van der Waals surface area (Å²) in [4.78, 5) is 13.1. The highest BCUT2D eigenvalue weighted by atomic mass is 19.1. The maximum Gasteiger partial charge on any atom is 0.227 e. The van der Waals surface area contributed by atoms with Gasteiger partial charge < -0.3 is 19.7 Å². The summed E-state index contributed by atoms with van der Waals surface area (Å²) in [6, 6.07) is 4.48. The van der Waals surface area contributed by atoms with Crippen LogP contribution in [0.3, 0.4) is 0 Å². The number of carbonyl (C=O) groups is 1. The fourth-order valence-corrected chi connectivity index (χ4v) is 3.54. The molecule has 1 fully saturated rings. The summed E-state index contributed by atoms with van der Waals surface area (Å²) >= 11 is 0. The van der Waals surface area contributed by atoms with E-state index in [1.54, 1.807) is 6.07 Å². The van der Waals surface area contributed by atoms with Gasteiger partial charge in [-0.05, 0) is 30.9 Å². The Balaban J connectivity index is 1.82. The van der Waals surface area contributed by atoms with Gasteiger partial charge in [-0.2, -0.15) is 0 Å². The number of nitrogens with zero attached hydrogens (tertiary/aromatic N) is 1. The Hall–Kier alpha value is -2.32. The molecule has 2 aromatic rings. The molecule has 0 aliphatic carbocycles. The summed E-state index contributed by atoms with van der Waals surface area (Å²) in [5, 5.41) is 16.4. The molecular weight excluding hydrogens is 382 g/mol. The highest BCUT2D eigenvalue weighted by Crippen LogP contribution is 2.36. The lowest BCUT2D eigenvalue weighted by Crippen LogP contribution is -2.51. The topological polar surface area (TPSA) is 84.6 Å². The number of hydrogen-bond donors (Lipinski definition) is 2. The Bertz CT molecular complexity index is 847. The molecule has 2 heterocycles.